The molecule has 0 saturated carbocycles. The van der Waals surface area contributed by atoms with E-state index in [0.29, 0.717) is 56.5 Å². The van der Waals surface area contributed by atoms with Crippen molar-refractivity contribution in [3.63, 3.8) is 0 Å². The molecule has 11 heteroatoms. The Morgan fingerprint density at radius 3 is 2.63 bits per heavy atom. The van der Waals surface area contributed by atoms with Gasteiger partial charge < -0.3 is 25.9 Å². The molecule has 0 radical (unpaired) electrons. The summed E-state index contributed by atoms with van der Waals surface area (Å²) in [5.74, 6) is -3.70. The van der Waals surface area contributed by atoms with E-state index in [1.807, 2.05) is 4.57 Å². The number of ketones is 1. The fourth-order valence-electron chi connectivity index (χ4n) is 4.81. The molecule has 2 aliphatic rings. The second-order valence-corrected chi connectivity index (χ2v) is 9.19. The number of aromatic nitrogens is 1. The van der Waals surface area contributed by atoms with Gasteiger partial charge in [-0.05, 0) is 43.7 Å². The Labute approximate surface area is 200 Å². The van der Waals surface area contributed by atoms with Crippen LogP contribution in [0.2, 0.25) is 0 Å². The molecule has 2 aromatic rings. The van der Waals surface area contributed by atoms with E-state index in [9.17, 15) is 24.3 Å². The molecule has 2 aliphatic heterocycles. The number of rotatable bonds is 8. The Morgan fingerprint density at radius 2 is 1.94 bits per heavy atom. The highest BCUT2D eigenvalue weighted by Crippen LogP contribution is 2.31. The number of aliphatic hydroxyl groups excluding tert-OH is 1. The van der Waals surface area contributed by atoms with Crippen LogP contribution in [0.15, 0.2) is 17.1 Å². The summed E-state index contributed by atoms with van der Waals surface area (Å²) >= 11 is 0. The lowest BCUT2D eigenvalue weighted by atomic mass is 9.94. The number of aryl methyl sites for hydroxylation is 2. The summed E-state index contributed by atoms with van der Waals surface area (Å²) in [7, 11) is 0. The summed E-state index contributed by atoms with van der Waals surface area (Å²) in [6.45, 7) is 2.33. The van der Waals surface area contributed by atoms with Crippen LogP contribution in [0.3, 0.4) is 0 Å². The van der Waals surface area contributed by atoms with Crippen molar-refractivity contribution >= 4 is 28.6 Å². The number of aliphatic hydroxyl groups is 1. The third kappa shape index (κ3) is 5.26. The maximum atomic E-state index is 15.3. The normalized spacial score (nSPS) is 17.3. The van der Waals surface area contributed by atoms with E-state index in [4.69, 9.17) is 16.2 Å². The Hall–Kier alpha value is -3.15. The average molecular weight is 489 g/mol. The van der Waals surface area contributed by atoms with Gasteiger partial charge >= 0.3 is 5.97 Å². The summed E-state index contributed by atoms with van der Waals surface area (Å²) in [6.07, 6.45) is 3.31. The summed E-state index contributed by atoms with van der Waals surface area (Å²) in [6, 6.07) is -0.0345. The van der Waals surface area contributed by atoms with Crippen LogP contribution < -0.4 is 21.6 Å². The summed E-state index contributed by atoms with van der Waals surface area (Å²) in [5.41, 5.74) is 11.8. The first kappa shape index (κ1) is 25.0. The van der Waals surface area contributed by atoms with Gasteiger partial charge in [-0.25, -0.2) is 4.39 Å². The molecule has 1 aromatic carbocycles. The maximum Gasteiger partial charge on any atom is 0.311 e. The summed E-state index contributed by atoms with van der Waals surface area (Å²) in [4.78, 5) is 49.9. The highest BCUT2D eigenvalue weighted by atomic mass is 19.1. The number of halogens is 1. The molecule has 1 fully saturated rings. The second kappa shape index (κ2) is 10.2. The zero-order valence-electron chi connectivity index (χ0n) is 19.3. The maximum absolute atomic E-state index is 15.3. The largest absolute Gasteiger partial charge is 0.421 e. The van der Waals surface area contributed by atoms with Crippen LogP contribution in [0, 0.1) is 5.82 Å². The van der Waals surface area contributed by atoms with Crippen molar-refractivity contribution < 1.29 is 28.6 Å². The molecule has 0 spiro atoms. The summed E-state index contributed by atoms with van der Waals surface area (Å²) < 4.78 is 22.3. The van der Waals surface area contributed by atoms with Gasteiger partial charge in [0.25, 0.3) is 5.91 Å². The molecule has 10 nitrogen and oxygen atoms in total. The molecule has 1 atom stereocenters. The number of nitrogens with zero attached hydrogens (tertiary/aromatic N) is 2. The highest BCUT2D eigenvalue weighted by molar-refractivity contribution is 6.37. The number of esters is 1. The van der Waals surface area contributed by atoms with Gasteiger partial charge in [-0.1, -0.05) is 0 Å². The molecule has 3 heterocycles. The first-order chi connectivity index (χ1) is 16.7. The molecule has 1 aromatic heterocycles. The smallest absolute Gasteiger partial charge is 0.311 e. The Kier molecular flexibility index (Phi) is 7.29. The number of carbonyl (C=O) groups excluding carboxylic acids is 3. The number of ether oxygens (including phenoxy) is 1. The Bertz CT molecular complexity index is 1230. The number of carbonyl (C=O) groups is 3. The van der Waals surface area contributed by atoms with Crippen molar-refractivity contribution in [1.82, 2.24) is 9.47 Å². The van der Waals surface area contributed by atoms with Crippen LogP contribution in [0.25, 0.3) is 10.9 Å². The quantitative estimate of drug-likeness (QED) is 0.349. The molecule has 0 unspecified atom stereocenters. The van der Waals surface area contributed by atoms with Gasteiger partial charge in [0.2, 0.25) is 11.2 Å². The zero-order valence-corrected chi connectivity index (χ0v) is 19.3. The number of primary amides is 1. The van der Waals surface area contributed by atoms with E-state index < -0.39 is 34.9 Å². The minimum absolute atomic E-state index is 0.140. The third-order valence-corrected chi connectivity index (χ3v) is 6.72. The minimum atomic E-state index is -1.24. The third-order valence-electron chi connectivity index (χ3n) is 6.72. The van der Waals surface area contributed by atoms with E-state index in [1.54, 1.807) is 0 Å². The standard InChI is InChI=1S/C24H29FN4O6/c25-17-10-15-21-14(16(17)11-28-8-5-13(30)6-9-28)2-1-7-29(21)12-19(22(15)32)35-20(31)4-3-18(26)23(33)24(27)34/h10,12-13,18,30H,1-9,11,26H2,(H2,27,34)/t18-/m0/s1. The Balaban J connectivity index is 1.59. The minimum Gasteiger partial charge on any atom is -0.421 e. The number of amides is 1. The van der Waals surface area contributed by atoms with Crippen molar-refractivity contribution in [2.24, 2.45) is 11.5 Å². The number of hydrogen-bond acceptors (Lipinski definition) is 8. The number of hydrogen-bond donors (Lipinski definition) is 3. The van der Waals surface area contributed by atoms with Crippen molar-refractivity contribution in [2.75, 3.05) is 13.1 Å². The Morgan fingerprint density at radius 1 is 1.23 bits per heavy atom. The van der Waals surface area contributed by atoms with Gasteiger partial charge in [0.05, 0.1) is 29.2 Å². The molecule has 1 amide bonds. The van der Waals surface area contributed by atoms with Crippen LogP contribution in [-0.2, 0) is 33.9 Å². The van der Waals surface area contributed by atoms with E-state index in [-0.39, 0.29) is 30.1 Å². The van der Waals surface area contributed by atoms with E-state index >= 15 is 4.39 Å². The second-order valence-electron chi connectivity index (χ2n) is 9.19. The molecule has 0 bridgehead atoms. The number of Topliss-reactive ketones (excluding diaryl/α,β-unsaturated/α-hetero) is 1. The van der Waals surface area contributed by atoms with Crippen molar-refractivity contribution in [3.05, 3.63) is 39.4 Å². The molecular formula is C24H29FN4O6. The predicted octanol–water partition coefficient (Wildman–Crippen LogP) is 0.111. The molecule has 5 N–H and O–H groups in total. The lowest BCUT2D eigenvalue weighted by Gasteiger charge is -2.31. The highest BCUT2D eigenvalue weighted by Gasteiger charge is 2.26. The number of likely N-dealkylation sites (tertiary alicyclic amines) is 1. The topological polar surface area (TPSA) is 158 Å². The lowest BCUT2D eigenvalue weighted by Crippen LogP contribution is -2.40. The number of piperidine rings is 1. The van der Waals surface area contributed by atoms with E-state index in [2.05, 4.69) is 4.90 Å². The first-order valence-corrected chi connectivity index (χ1v) is 11.7. The van der Waals surface area contributed by atoms with Crippen molar-refractivity contribution in [3.8, 4) is 5.75 Å². The van der Waals surface area contributed by atoms with Gasteiger partial charge in [0.1, 0.15) is 5.82 Å². The predicted molar refractivity (Wildman–Crippen MR) is 124 cm³/mol. The van der Waals surface area contributed by atoms with Crippen LogP contribution in [-0.4, -0.2) is 57.5 Å². The van der Waals surface area contributed by atoms with Crippen LogP contribution >= 0.6 is 0 Å². The van der Waals surface area contributed by atoms with Gasteiger partial charge in [0.15, 0.2) is 5.75 Å². The molecular weight excluding hydrogens is 459 g/mol. The van der Waals surface area contributed by atoms with Crippen LogP contribution in [0.5, 0.6) is 5.75 Å². The lowest BCUT2D eigenvalue weighted by molar-refractivity contribution is -0.138. The molecule has 0 aliphatic carbocycles. The summed E-state index contributed by atoms with van der Waals surface area (Å²) in [5, 5.41) is 9.89. The zero-order chi connectivity index (χ0) is 25.3. The monoisotopic (exact) mass is 488 g/mol. The van der Waals surface area contributed by atoms with E-state index in [1.165, 1.54) is 12.3 Å². The number of nitrogens with two attached hydrogens (primary N) is 2. The molecule has 1 saturated heterocycles. The van der Waals surface area contributed by atoms with Gasteiger partial charge in [-0.2, -0.15) is 0 Å². The van der Waals surface area contributed by atoms with Gasteiger partial charge in [-0.3, -0.25) is 24.1 Å². The van der Waals surface area contributed by atoms with Crippen molar-refractivity contribution in [1.29, 1.82) is 0 Å². The van der Waals surface area contributed by atoms with Crippen molar-refractivity contribution in [2.45, 2.75) is 63.8 Å². The fraction of sp³-hybridized carbons (Fsp3) is 0.500. The molecule has 35 heavy (non-hydrogen) atoms. The fourth-order valence-corrected chi connectivity index (χ4v) is 4.81. The number of benzene rings is 1. The SMILES string of the molecule is NC(=O)C(=O)[C@@H](N)CCC(=O)Oc1cn2c3c(c(CN4CCC(O)CC4)c(F)cc3c1=O)CCC2. The van der Waals surface area contributed by atoms with Gasteiger partial charge in [-0.15, -0.1) is 0 Å². The van der Waals surface area contributed by atoms with E-state index in [0.717, 1.165) is 12.0 Å². The van der Waals surface area contributed by atoms with Gasteiger partial charge in [0, 0.05) is 38.2 Å². The average Bonchev–Trinajstić information content (AvgIpc) is 2.83. The first-order valence-electron chi connectivity index (χ1n) is 11.7. The number of pyridine rings is 1. The van der Waals surface area contributed by atoms with Crippen LogP contribution in [0.1, 0.15) is 43.2 Å². The van der Waals surface area contributed by atoms with Crippen LogP contribution in [0.4, 0.5) is 4.39 Å². The molecule has 4 rings (SSSR count). The molecule has 188 valence electrons.